The van der Waals surface area contributed by atoms with Crippen LogP contribution in [-0.4, -0.2) is 40.8 Å². The van der Waals surface area contributed by atoms with E-state index in [2.05, 4.69) is 35.0 Å². The van der Waals surface area contributed by atoms with Crippen LogP contribution in [0.2, 0.25) is 0 Å². The highest BCUT2D eigenvalue weighted by Gasteiger charge is 2.27. The first-order valence-corrected chi connectivity index (χ1v) is 7.15. The zero-order valence-electron chi connectivity index (χ0n) is 12.4. The van der Waals surface area contributed by atoms with E-state index < -0.39 is 0 Å². The lowest BCUT2D eigenvalue weighted by molar-refractivity contribution is -0.0450. The smallest absolute Gasteiger partial charge is 0.227 e. The summed E-state index contributed by atoms with van der Waals surface area (Å²) < 4.78 is 11.0. The second kappa shape index (κ2) is 6.82. The summed E-state index contributed by atoms with van der Waals surface area (Å²) in [7, 11) is 0. The highest BCUT2D eigenvalue weighted by Crippen LogP contribution is 2.21. The van der Waals surface area contributed by atoms with Crippen molar-refractivity contribution in [3.63, 3.8) is 0 Å². The van der Waals surface area contributed by atoms with Crippen LogP contribution in [0.3, 0.4) is 0 Å². The van der Waals surface area contributed by atoms with Crippen molar-refractivity contribution in [1.82, 2.24) is 15.0 Å². The number of ether oxygens (including phenoxy) is 1. The maximum Gasteiger partial charge on any atom is 0.227 e. The third-order valence-corrected chi connectivity index (χ3v) is 3.56. The SMILES string of the molecule is CC(CC#N)Cc1nc(C2CN(C(C)C)CCO2)no1. The van der Waals surface area contributed by atoms with E-state index in [4.69, 9.17) is 14.5 Å². The van der Waals surface area contributed by atoms with Gasteiger partial charge in [0, 0.05) is 32.0 Å². The minimum Gasteiger partial charge on any atom is -0.367 e. The van der Waals surface area contributed by atoms with Gasteiger partial charge < -0.3 is 9.26 Å². The van der Waals surface area contributed by atoms with Gasteiger partial charge in [0.2, 0.25) is 11.7 Å². The van der Waals surface area contributed by atoms with Crippen molar-refractivity contribution < 1.29 is 9.26 Å². The van der Waals surface area contributed by atoms with Gasteiger partial charge in [-0.3, -0.25) is 4.90 Å². The molecule has 1 aromatic rings. The molecule has 2 unspecified atom stereocenters. The number of hydrogen-bond acceptors (Lipinski definition) is 6. The minimum atomic E-state index is -0.116. The maximum absolute atomic E-state index is 8.66. The van der Waals surface area contributed by atoms with Crippen molar-refractivity contribution in [2.45, 2.75) is 45.8 Å². The summed E-state index contributed by atoms with van der Waals surface area (Å²) in [6, 6.07) is 2.64. The molecule has 110 valence electrons. The summed E-state index contributed by atoms with van der Waals surface area (Å²) in [6.45, 7) is 8.78. The molecule has 1 aliphatic rings. The van der Waals surface area contributed by atoms with E-state index in [0.717, 1.165) is 13.1 Å². The van der Waals surface area contributed by atoms with E-state index in [1.54, 1.807) is 0 Å². The molecule has 1 fully saturated rings. The normalized spacial score (nSPS) is 21.9. The zero-order chi connectivity index (χ0) is 14.5. The van der Waals surface area contributed by atoms with Crippen LogP contribution in [0.4, 0.5) is 0 Å². The van der Waals surface area contributed by atoms with Gasteiger partial charge in [-0.05, 0) is 19.8 Å². The van der Waals surface area contributed by atoms with Crippen molar-refractivity contribution in [2.75, 3.05) is 19.7 Å². The maximum atomic E-state index is 8.66. The lowest BCUT2D eigenvalue weighted by Gasteiger charge is -2.34. The molecule has 0 bridgehead atoms. The summed E-state index contributed by atoms with van der Waals surface area (Å²) in [5, 5.41) is 12.7. The van der Waals surface area contributed by atoms with Gasteiger partial charge in [0.25, 0.3) is 0 Å². The summed E-state index contributed by atoms with van der Waals surface area (Å²) in [5.41, 5.74) is 0. The molecule has 1 aromatic heterocycles. The number of hydrogen-bond donors (Lipinski definition) is 0. The first kappa shape index (κ1) is 14.9. The molecule has 1 aliphatic heterocycles. The highest BCUT2D eigenvalue weighted by molar-refractivity contribution is 4.95. The van der Waals surface area contributed by atoms with Crippen LogP contribution in [0.1, 0.15) is 45.0 Å². The van der Waals surface area contributed by atoms with Gasteiger partial charge in [0.05, 0.1) is 12.7 Å². The van der Waals surface area contributed by atoms with Crippen LogP contribution >= 0.6 is 0 Å². The van der Waals surface area contributed by atoms with Crippen molar-refractivity contribution in [3.8, 4) is 6.07 Å². The molecule has 0 radical (unpaired) electrons. The van der Waals surface area contributed by atoms with Gasteiger partial charge in [-0.2, -0.15) is 10.2 Å². The molecule has 0 aliphatic carbocycles. The Morgan fingerprint density at radius 3 is 2.95 bits per heavy atom. The predicted molar refractivity (Wildman–Crippen MR) is 72.8 cm³/mol. The number of rotatable bonds is 5. The summed E-state index contributed by atoms with van der Waals surface area (Å²) in [5.74, 6) is 1.44. The standard InChI is InChI=1S/C14H22N4O2/c1-10(2)18-6-7-19-12(9-18)14-16-13(20-17-14)8-11(3)4-5-15/h10-12H,4,6-9H2,1-3H3. The Hall–Kier alpha value is -1.45. The van der Waals surface area contributed by atoms with Gasteiger partial charge in [0.1, 0.15) is 6.10 Å². The van der Waals surface area contributed by atoms with Gasteiger partial charge in [-0.25, -0.2) is 0 Å². The van der Waals surface area contributed by atoms with Gasteiger partial charge in [0.15, 0.2) is 0 Å². The largest absolute Gasteiger partial charge is 0.367 e. The fraction of sp³-hybridized carbons (Fsp3) is 0.786. The summed E-state index contributed by atoms with van der Waals surface area (Å²) in [4.78, 5) is 6.76. The number of nitrogens with zero attached hydrogens (tertiary/aromatic N) is 4. The molecule has 1 saturated heterocycles. The predicted octanol–water partition coefficient (Wildman–Crippen LogP) is 1.94. The third kappa shape index (κ3) is 3.78. The Labute approximate surface area is 119 Å². The molecule has 0 N–H and O–H groups in total. The first-order chi connectivity index (χ1) is 9.60. The second-order valence-corrected chi connectivity index (χ2v) is 5.67. The molecule has 0 amide bonds. The third-order valence-electron chi connectivity index (χ3n) is 3.56. The summed E-state index contributed by atoms with van der Waals surface area (Å²) in [6.07, 6.45) is 1.02. The fourth-order valence-electron chi connectivity index (χ4n) is 2.30. The molecule has 2 atom stereocenters. The lowest BCUT2D eigenvalue weighted by atomic mass is 10.1. The Balaban J connectivity index is 1.96. The van der Waals surface area contributed by atoms with E-state index in [1.807, 2.05) is 6.92 Å². The fourth-order valence-corrected chi connectivity index (χ4v) is 2.30. The molecule has 0 spiro atoms. The Morgan fingerprint density at radius 2 is 2.25 bits per heavy atom. The van der Waals surface area contributed by atoms with Crippen LogP contribution in [0.15, 0.2) is 4.52 Å². The van der Waals surface area contributed by atoms with Gasteiger partial charge in [-0.1, -0.05) is 12.1 Å². The topological polar surface area (TPSA) is 75.2 Å². The average Bonchev–Trinajstić information content (AvgIpc) is 2.87. The Kier molecular flexibility index (Phi) is 5.10. The minimum absolute atomic E-state index is 0.116. The van der Waals surface area contributed by atoms with Crippen LogP contribution < -0.4 is 0 Å². The van der Waals surface area contributed by atoms with Crippen molar-refractivity contribution in [1.29, 1.82) is 5.26 Å². The van der Waals surface area contributed by atoms with Crippen LogP contribution in [0, 0.1) is 17.2 Å². The van der Waals surface area contributed by atoms with E-state index in [-0.39, 0.29) is 12.0 Å². The first-order valence-electron chi connectivity index (χ1n) is 7.15. The lowest BCUT2D eigenvalue weighted by Crippen LogP contribution is -2.42. The molecule has 20 heavy (non-hydrogen) atoms. The van der Waals surface area contributed by atoms with E-state index in [1.165, 1.54) is 0 Å². The molecule has 2 heterocycles. The molecule has 0 aromatic carbocycles. The van der Waals surface area contributed by atoms with Gasteiger partial charge in [-0.15, -0.1) is 0 Å². The monoisotopic (exact) mass is 278 g/mol. The van der Waals surface area contributed by atoms with Crippen LogP contribution in [0.5, 0.6) is 0 Å². The Bertz CT molecular complexity index is 466. The van der Waals surface area contributed by atoms with E-state index in [9.17, 15) is 0 Å². The highest BCUT2D eigenvalue weighted by atomic mass is 16.5. The number of morpholine rings is 1. The molecule has 2 rings (SSSR count). The van der Waals surface area contributed by atoms with E-state index >= 15 is 0 Å². The number of aromatic nitrogens is 2. The zero-order valence-corrected chi connectivity index (χ0v) is 12.4. The van der Waals surface area contributed by atoms with E-state index in [0.29, 0.717) is 37.2 Å². The molecule has 6 heteroatoms. The molecule has 6 nitrogen and oxygen atoms in total. The molecule has 0 saturated carbocycles. The average molecular weight is 278 g/mol. The molecular weight excluding hydrogens is 256 g/mol. The van der Waals surface area contributed by atoms with Crippen LogP contribution in [0.25, 0.3) is 0 Å². The second-order valence-electron chi connectivity index (χ2n) is 5.67. The molecular formula is C14H22N4O2. The van der Waals surface area contributed by atoms with Crippen molar-refractivity contribution in [3.05, 3.63) is 11.7 Å². The van der Waals surface area contributed by atoms with Crippen molar-refractivity contribution in [2.24, 2.45) is 5.92 Å². The Morgan fingerprint density at radius 1 is 1.45 bits per heavy atom. The quantitative estimate of drug-likeness (QED) is 0.819. The number of nitriles is 1. The van der Waals surface area contributed by atoms with Crippen molar-refractivity contribution >= 4 is 0 Å². The van der Waals surface area contributed by atoms with Gasteiger partial charge >= 0.3 is 0 Å². The van der Waals surface area contributed by atoms with Crippen LogP contribution in [-0.2, 0) is 11.2 Å². The summed E-state index contributed by atoms with van der Waals surface area (Å²) >= 11 is 0.